The fraction of sp³-hybridized carbons (Fsp3) is 0.150. The second-order valence-electron chi connectivity index (χ2n) is 6.59. The summed E-state index contributed by atoms with van der Waals surface area (Å²) in [5, 5.41) is 4.79. The van der Waals surface area contributed by atoms with E-state index in [1.807, 2.05) is 35.7 Å². The average molecular weight is 442 g/mol. The number of fused-ring (bicyclic) bond motifs is 1. The van der Waals surface area contributed by atoms with Crippen LogP contribution in [0.25, 0.3) is 5.65 Å². The molecule has 0 saturated carbocycles. The van der Waals surface area contributed by atoms with Gasteiger partial charge in [0.2, 0.25) is 5.91 Å². The van der Waals surface area contributed by atoms with Gasteiger partial charge in [-0.15, -0.1) is 11.3 Å². The van der Waals surface area contributed by atoms with Crippen LogP contribution in [0.2, 0.25) is 0 Å². The number of benzene rings is 1. The number of aryl methyl sites for hydroxylation is 2. The van der Waals surface area contributed by atoms with E-state index < -0.39 is 10.0 Å². The van der Waals surface area contributed by atoms with Gasteiger partial charge < -0.3 is 9.72 Å². The standard InChI is InChI=1S/C20H19N5O3S2/c1-14-17(25-12-3-2-4-18(25)22-14)9-10-19(26)23-15-5-7-16(8-6-15)30(27,28)24-20-21-11-13-29-20/h2-8,11-13H,9-10H2,1H3,(H,21,24)(H,23,26). The highest BCUT2D eigenvalue weighted by Crippen LogP contribution is 2.20. The second kappa shape index (κ2) is 8.25. The SMILES string of the molecule is Cc1nc2ccccn2c1CCC(=O)Nc1ccc(S(=O)(=O)Nc2nccs2)cc1. The molecule has 1 amide bonds. The van der Waals surface area contributed by atoms with Crippen molar-refractivity contribution < 1.29 is 13.2 Å². The third kappa shape index (κ3) is 4.34. The number of imidazole rings is 1. The Bertz CT molecular complexity index is 1280. The molecule has 0 spiro atoms. The first-order valence-electron chi connectivity index (χ1n) is 9.17. The molecule has 30 heavy (non-hydrogen) atoms. The van der Waals surface area contributed by atoms with Crippen molar-refractivity contribution in [2.24, 2.45) is 0 Å². The zero-order valence-corrected chi connectivity index (χ0v) is 17.7. The predicted molar refractivity (Wildman–Crippen MR) is 116 cm³/mol. The molecule has 0 aliphatic carbocycles. The van der Waals surface area contributed by atoms with Crippen LogP contribution in [-0.4, -0.2) is 28.7 Å². The molecule has 0 aliphatic heterocycles. The number of hydrogen-bond acceptors (Lipinski definition) is 6. The molecule has 3 heterocycles. The lowest BCUT2D eigenvalue weighted by atomic mass is 10.2. The molecule has 0 fully saturated rings. The number of thiazole rings is 1. The first-order chi connectivity index (χ1) is 14.4. The summed E-state index contributed by atoms with van der Waals surface area (Å²) in [6.45, 7) is 1.93. The molecule has 4 aromatic rings. The first kappa shape index (κ1) is 20.0. The number of carbonyl (C=O) groups is 1. The summed E-state index contributed by atoms with van der Waals surface area (Å²) < 4.78 is 29.1. The van der Waals surface area contributed by atoms with Gasteiger partial charge in [0.15, 0.2) is 5.13 Å². The van der Waals surface area contributed by atoms with Crippen molar-refractivity contribution in [1.82, 2.24) is 14.4 Å². The van der Waals surface area contributed by atoms with Gasteiger partial charge in [0.05, 0.1) is 10.6 Å². The minimum atomic E-state index is -3.72. The van der Waals surface area contributed by atoms with E-state index in [1.165, 1.54) is 29.7 Å². The zero-order valence-electron chi connectivity index (χ0n) is 16.1. The van der Waals surface area contributed by atoms with E-state index in [9.17, 15) is 13.2 Å². The van der Waals surface area contributed by atoms with Crippen LogP contribution in [0.15, 0.2) is 65.1 Å². The van der Waals surface area contributed by atoms with Crippen molar-refractivity contribution >= 4 is 43.7 Å². The molecule has 0 atom stereocenters. The Balaban J connectivity index is 1.38. The van der Waals surface area contributed by atoms with E-state index in [1.54, 1.807) is 17.5 Å². The van der Waals surface area contributed by atoms with Gasteiger partial charge in [-0.25, -0.2) is 18.4 Å². The molecule has 3 aromatic heterocycles. The number of amides is 1. The molecule has 0 aliphatic rings. The number of anilines is 2. The lowest BCUT2D eigenvalue weighted by molar-refractivity contribution is -0.116. The molecule has 154 valence electrons. The number of rotatable bonds is 7. The molecule has 8 nitrogen and oxygen atoms in total. The van der Waals surface area contributed by atoms with E-state index in [0.29, 0.717) is 17.2 Å². The van der Waals surface area contributed by atoms with Crippen molar-refractivity contribution in [1.29, 1.82) is 0 Å². The van der Waals surface area contributed by atoms with Gasteiger partial charge in [-0.2, -0.15) is 0 Å². The number of nitrogens with zero attached hydrogens (tertiary/aromatic N) is 3. The van der Waals surface area contributed by atoms with Crippen molar-refractivity contribution in [2.45, 2.75) is 24.7 Å². The number of carbonyl (C=O) groups excluding carboxylic acids is 1. The summed E-state index contributed by atoms with van der Waals surface area (Å²) in [7, 11) is -3.72. The highest BCUT2D eigenvalue weighted by molar-refractivity contribution is 7.93. The van der Waals surface area contributed by atoms with E-state index in [2.05, 4.69) is 20.0 Å². The van der Waals surface area contributed by atoms with Gasteiger partial charge in [-0.3, -0.25) is 9.52 Å². The van der Waals surface area contributed by atoms with Crippen LogP contribution >= 0.6 is 11.3 Å². The molecule has 0 saturated heterocycles. The van der Waals surface area contributed by atoms with Crippen LogP contribution in [-0.2, 0) is 21.2 Å². The minimum absolute atomic E-state index is 0.0945. The van der Waals surface area contributed by atoms with Crippen LogP contribution in [0.5, 0.6) is 0 Å². The van der Waals surface area contributed by atoms with Crippen LogP contribution < -0.4 is 10.0 Å². The van der Waals surface area contributed by atoms with E-state index >= 15 is 0 Å². The van der Waals surface area contributed by atoms with Crippen LogP contribution in [0, 0.1) is 6.92 Å². The Morgan fingerprint density at radius 2 is 1.97 bits per heavy atom. The van der Waals surface area contributed by atoms with Crippen molar-refractivity contribution in [3.05, 3.63) is 71.6 Å². The molecule has 4 rings (SSSR count). The predicted octanol–water partition coefficient (Wildman–Crippen LogP) is 3.47. The summed E-state index contributed by atoms with van der Waals surface area (Å²) in [5.41, 5.74) is 3.28. The second-order valence-corrected chi connectivity index (χ2v) is 9.17. The Morgan fingerprint density at radius 3 is 2.70 bits per heavy atom. The largest absolute Gasteiger partial charge is 0.326 e. The summed E-state index contributed by atoms with van der Waals surface area (Å²) in [6, 6.07) is 11.8. The van der Waals surface area contributed by atoms with Gasteiger partial charge >= 0.3 is 0 Å². The van der Waals surface area contributed by atoms with Crippen LogP contribution in [0.4, 0.5) is 10.8 Å². The monoisotopic (exact) mass is 441 g/mol. The average Bonchev–Trinajstić information content (AvgIpc) is 3.33. The third-order valence-corrected chi connectivity index (χ3v) is 6.69. The number of nitrogens with one attached hydrogen (secondary N) is 2. The fourth-order valence-corrected chi connectivity index (χ4v) is 4.87. The smallest absolute Gasteiger partial charge is 0.263 e. The molecular weight excluding hydrogens is 422 g/mol. The Labute approximate surface area is 177 Å². The normalized spacial score (nSPS) is 11.5. The summed E-state index contributed by atoms with van der Waals surface area (Å²) in [6.07, 6.45) is 4.29. The molecule has 0 unspecified atom stereocenters. The molecular formula is C20H19N5O3S2. The fourth-order valence-electron chi connectivity index (χ4n) is 3.09. The van der Waals surface area contributed by atoms with Crippen molar-refractivity contribution in [2.75, 3.05) is 10.0 Å². The Kier molecular flexibility index (Phi) is 5.51. The van der Waals surface area contributed by atoms with Gasteiger partial charge in [0.1, 0.15) is 5.65 Å². The maximum absolute atomic E-state index is 12.4. The molecule has 10 heteroatoms. The molecule has 0 radical (unpaired) electrons. The van der Waals surface area contributed by atoms with Crippen LogP contribution in [0.3, 0.4) is 0 Å². The van der Waals surface area contributed by atoms with E-state index in [4.69, 9.17) is 0 Å². The maximum Gasteiger partial charge on any atom is 0.263 e. The van der Waals surface area contributed by atoms with E-state index in [0.717, 1.165) is 17.0 Å². The topological polar surface area (TPSA) is 105 Å². The van der Waals surface area contributed by atoms with Crippen LogP contribution in [0.1, 0.15) is 17.8 Å². The number of pyridine rings is 1. The first-order valence-corrected chi connectivity index (χ1v) is 11.5. The highest BCUT2D eigenvalue weighted by atomic mass is 32.2. The zero-order chi connectivity index (χ0) is 21.1. The lowest BCUT2D eigenvalue weighted by Crippen LogP contribution is -2.14. The minimum Gasteiger partial charge on any atom is -0.326 e. The van der Waals surface area contributed by atoms with Gasteiger partial charge in [-0.1, -0.05) is 6.07 Å². The van der Waals surface area contributed by atoms with E-state index in [-0.39, 0.29) is 17.2 Å². The lowest BCUT2D eigenvalue weighted by Gasteiger charge is -2.08. The number of sulfonamides is 1. The van der Waals surface area contributed by atoms with Gasteiger partial charge in [0.25, 0.3) is 10.0 Å². The van der Waals surface area contributed by atoms with Gasteiger partial charge in [-0.05, 0) is 49.7 Å². The Morgan fingerprint density at radius 1 is 1.17 bits per heavy atom. The molecule has 1 aromatic carbocycles. The molecule has 0 bridgehead atoms. The summed E-state index contributed by atoms with van der Waals surface area (Å²) >= 11 is 1.20. The quantitative estimate of drug-likeness (QED) is 0.457. The maximum atomic E-state index is 12.4. The summed E-state index contributed by atoms with van der Waals surface area (Å²) in [4.78, 5) is 20.9. The third-order valence-electron chi connectivity index (χ3n) is 4.52. The summed E-state index contributed by atoms with van der Waals surface area (Å²) in [5.74, 6) is -0.156. The number of aromatic nitrogens is 3. The highest BCUT2D eigenvalue weighted by Gasteiger charge is 2.16. The van der Waals surface area contributed by atoms with Crippen molar-refractivity contribution in [3.8, 4) is 0 Å². The molecule has 2 N–H and O–H groups in total. The van der Waals surface area contributed by atoms with Gasteiger partial charge in [0, 0.05) is 35.6 Å². The Hall–Kier alpha value is -3.24. The van der Waals surface area contributed by atoms with Crippen molar-refractivity contribution in [3.63, 3.8) is 0 Å². The number of hydrogen-bond donors (Lipinski definition) is 2.